The van der Waals surface area contributed by atoms with Gasteiger partial charge in [0.05, 0.1) is 12.2 Å². The van der Waals surface area contributed by atoms with Crippen molar-refractivity contribution in [3.05, 3.63) is 87.7 Å². The zero-order valence-electron chi connectivity index (χ0n) is 24.6. The lowest BCUT2D eigenvalue weighted by atomic mass is 9.48. The number of aryl methyl sites for hydroxylation is 1. The molecular formula is C36H46N2O. The summed E-state index contributed by atoms with van der Waals surface area (Å²) < 4.78 is 0. The molecule has 0 saturated heterocycles. The van der Waals surface area contributed by atoms with Gasteiger partial charge in [-0.25, -0.2) is 0 Å². The average Bonchev–Trinajstić information content (AvgIpc) is 2.88. The highest BCUT2D eigenvalue weighted by molar-refractivity contribution is 5.60. The van der Waals surface area contributed by atoms with Crippen LogP contribution in [0.3, 0.4) is 0 Å². The largest absolute Gasteiger partial charge is 0.507 e. The van der Waals surface area contributed by atoms with Crippen LogP contribution >= 0.6 is 0 Å². The molecule has 206 valence electrons. The van der Waals surface area contributed by atoms with Crippen LogP contribution in [0.15, 0.2) is 48.5 Å². The summed E-state index contributed by atoms with van der Waals surface area (Å²) in [6.45, 7) is 11.9. The molecule has 1 aromatic heterocycles. The minimum atomic E-state index is 0.191. The Morgan fingerprint density at radius 3 is 2.00 bits per heavy atom. The van der Waals surface area contributed by atoms with Gasteiger partial charge in [0.2, 0.25) is 0 Å². The number of hydrogen-bond donors (Lipinski definition) is 2. The number of benzene rings is 2. The first-order chi connectivity index (χ1) is 18.7. The van der Waals surface area contributed by atoms with Crippen molar-refractivity contribution in [2.24, 2.45) is 17.8 Å². The van der Waals surface area contributed by atoms with E-state index in [0.29, 0.717) is 30.6 Å². The minimum Gasteiger partial charge on any atom is -0.507 e. The van der Waals surface area contributed by atoms with E-state index in [4.69, 9.17) is 4.98 Å². The Morgan fingerprint density at radius 2 is 1.41 bits per heavy atom. The number of aromatic hydroxyl groups is 1. The Kier molecular flexibility index (Phi) is 6.98. The SMILES string of the molecule is Cc1cc(Cc2cccc(CNc3c(C(C)C)cccc3C(C)C)n2)c(O)c(C23CC4CC(CC(C4)C2)C3)c1. The van der Waals surface area contributed by atoms with Gasteiger partial charge in [0.15, 0.2) is 0 Å². The number of phenolic OH excluding ortho intramolecular Hbond substituents is 1. The zero-order valence-corrected chi connectivity index (χ0v) is 24.6. The third-order valence-corrected chi connectivity index (χ3v) is 10.00. The highest BCUT2D eigenvalue weighted by Crippen LogP contribution is 2.62. The van der Waals surface area contributed by atoms with Gasteiger partial charge in [-0.1, -0.05) is 69.7 Å². The zero-order chi connectivity index (χ0) is 27.3. The van der Waals surface area contributed by atoms with Crippen LogP contribution in [-0.4, -0.2) is 10.1 Å². The van der Waals surface area contributed by atoms with E-state index in [2.05, 4.69) is 88.5 Å². The molecule has 2 N–H and O–H groups in total. The van der Waals surface area contributed by atoms with Crippen LogP contribution in [0.1, 0.15) is 117 Å². The van der Waals surface area contributed by atoms with Gasteiger partial charge >= 0.3 is 0 Å². The number of anilines is 1. The molecule has 3 nitrogen and oxygen atoms in total. The van der Waals surface area contributed by atoms with Gasteiger partial charge in [0.25, 0.3) is 0 Å². The molecule has 1 heterocycles. The van der Waals surface area contributed by atoms with E-state index < -0.39 is 0 Å². The number of para-hydroxylation sites is 1. The number of aromatic nitrogens is 1. The number of nitrogens with zero attached hydrogens (tertiary/aromatic N) is 1. The van der Waals surface area contributed by atoms with Crippen molar-refractivity contribution < 1.29 is 5.11 Å². The number of pyridine rings is 1. The maximum absolute atomic E-state index is 11.7. The van der Waals surface area contributed by atoms with Crippen LogP contribution in [0.5, 0.6) is 5.75 Å². The van der Waals surface area contributed by atoms with Gasteiger partial charge in [-0.3, -0.25) is 4.98 Å². The molecule has 0 radical (unpaired) electrons. The first kappa shape index (κ1) is 26.4. The summed E-state index contributed by atoms with van der Waals surface area (Å²) in [6.07, 6.45) is 8.74. The first-order valence-corrected chi connectivity index (χ1v) is 15.3. The second-order valence-corrected chi connectivity index (χ2v) is 13.8. The van der Waals surface area contributed by atoms with Gasteiger partial charge < -0.3 is 10.4 Å². The lowest BCUT2D eigenvalue weighted by Crippen LogP contribution is -2.48. The smallest absolute Gasteiger partial charge is 0.122 e. The average molecular weight is 523 g/mol. The van der Waals surface area contributed by atoms with Crippen molar-refractivity contribution in [1.82, 2.24) is 4.98 Å². The van der Waals surface area contributed by atoms with Gasteiger partial charge in [-0.05, 0) is 104 Å². The molecule has 0 unspecified atom stereocenters. The molecule has 7 rings (SSSR count). The van der Waals surface area contributed by atoms with Gasteiger partial charge in [-0.15, -0.1) is 0 Å². The van der Waals surface area contributed by atoms with Crippen LogP contribution in [0, 0.1) is 24.7 Å². The van der Waals surface area contributed by atoms with Crippen LogP contribution in [0.25, 0.3) is 0 Å². The van der Waals surface area contributed by atoms with E-state index in [1.54, 1.807) is 0 Å². The third kappa shape index (κ3) is 5.10. The number of phenols is 1. The molecule has 3 aromatic rings. The molecule has 0 aliphatic heterocycles. The van der Waals surface area contributed by atoms with Crippen molar-refractivity contribution >= 4 is 5.69 Å². The van der Waals surface area contributed by atoms with E-state index in [9.17, 15) is 5.11 Å². The fraction of sp³-hybridized carbons (Fsp3) is 0.528. The fourth-order valence-electron chi connectivity index (χ4n) is 8.69. The van der Waals surface area contributed by atoms with Crippen molar-refractivity contribution in [2.45, 2.75) is 103 Å². The fourth-order valence-corrected chi connectivity index (χ4v) is 8.69. The molecule has 2 aromatic carbocycles. The van der Waals surface area contributed by atoms with Crippen LogP contribution < -0.4 is 5.32 Å². The highest BCUT2D eigenvalue weighted by atomic mass is 16.3. The molecule has 0 spiro atoms. The maximum Gasteiger partial charge on any atom is 0.122 e. The van der Waals surface area contributed by atoms with Crippen molar-refractivity contribution in [3.63, 3.8) is 0 Å². The van der Waals surface area contributed by atoms with Crippen molar-refractivity contribution in [2.75, 3.05) is 5.32 Å². The number of hydrogen-bond acceptors (Lipinski definition) is 3. The summed E-state index contributed by atoms with van der Waals surface area (Å²) in [5.41, 5.74) is 9.76. The Labute approximate surface area is 235 Å². The molecule has 4 aliphatic carbocycles. The normalized spacial score (nSPS) is 25.6. The predicted molar refractivity (Wildman–Crippen MR) is 162 cm³/mol. The molecule has 3 heteroatoms. The van der Waals surface area contributed by atoms with E-state index in [1.165, 1.54) is 66.5 Å². The lowest BCUT2D eigenvalue weighted by Gasteiger charge is -2.57. The van der Waals surface area contributed by atoms with E-state index in [0.717, 1.165) is 34.7 Å². The van der Waals surface area contributed by atoms with Crippen LogP contribution in [0.2, 0.25) is 0 Å². The summed E-state index contributed by atoms with van der Waals surface area (Å²) in [7, 11) is 0. The summed E-state index contributed by atoms with van der Waals surface area (Å²) in [6, 6.07) is 17.5. The molecule has 4 bridgehead atoms. The second kappa shape index (κ2) is 10.3. The summed E-state index contributed by atoms with van der Waals surface area (Å²) in [4.78, 5) is 5.05. The third-order valence-electron chi connectivity index (χ3n) is 10.00. The number of nitrogens with one attached hydrogen (secondary N) is 1. The first-order valence-electron chi connectivity index (χ1n) is 15.3. The Morgan fingerprint density at radius 1 is 0.846 bits per heavy atom. The molecule has 4 aliphatic rings. The van der Waals surface area contributed by atoms with Gasteiger partial charge in [0.1, 0.15) is 5.75 Å². The maximum atomic E-state index is 11.7. The molecule has 4 fully saturated rings. The van der Waals surface area contributed by atoms with E-state index in [-0.39, 0.29) is 5.41 Å². The summed E-state index contributed by atoms with van der Waals surface area (Å²) >= 11 is 0. The predicted octanol–water partition coefficient (Wildman–Crippen LogP) is 9.01. The lowest BCUT2D eigenvalue weighted by molar-refractivity contribution is -0.00620. The Balaban J connectivity index is 1.24. The van der Waals surface area contributed by atoms with Crippen molar-refractivity contribution in [3.8, 4) is 5.75 Å². The molecule has 0 amide bonds. The molecule has 4 saturated carbocycles. The quantitative estimate of drug-likeness (QED) is 0.310. The van der Waals surface area contributed by atoms with Crippen molar-refractivity contribution in [1.29, 1.82) is 0 Å². The van der Waals surface area contributed by atoms with E-state index >= 15 is 0 Å². The topological polar surface area (TPSA) is 45.2 Å². The molecule has 39 heavy (non-hydrogen) atoms. The standard InChI is InChI=1S/C36H46N2O/c1-22(2)31-10-7-11-32(23(3)4)34(31)37-21-30-9-6-8-29(38-30)17-28-12-24(5)13-33(35(28)39)36-18-25-14-26(19-36)16-27(15-25)20-36/h6-13,22-23,25-27,37,39H,14-21H2,1-5H3. The van der Waals surface area contributed by atoms with Crippen LogP contribution in [0.4, 0.5) is 5.69 Å². The summed E-state index contributed by atoms with van der Waals surface area (Å²) in [5, 5.41) is 15.4. The minimum absolute atomic E-state index is 0.191. The summed E-state index contributed by atoms with van der Waals surface area (Å²) in [5.74, 6) is 4.05. The molecule has 0 atom stereocenters. The number of rotatable bonds is 8. The van der Waals surface area contributed by atoms with Crippen LogP contribution in [-0.2, 0) is 18.4 Å². The molecular weight excluding hydrogens is 476 g/mol. The van der Waals surface area contributed by atoms with Gasteiger partial charge in [-0.2, -0.15) is 0 Å². The second-order valence-electron chi connectivity index (χ2n) is 13.8. The monoisotopic (exact) mass is 522 g/mol. The highest BCUT2D eigenvalue weighted by Gasteiger charge is 2.52. The van der Waals surface area contributed by atoms with Gasteiger partial charge in [0, 0.05) is 28.9 Å². The van der Waals surface area contributed by atoms with E-state index in [1.807, 2.05) is 0 Å². The Hall–Kier alpha value is -2.81. The Bertz CT molecular complexity index is 1290.